The van der Waals surface area contributed by atoms with Gasteiger partial charge in [-0.1, -0.05) is 32.9 Å². The van der Waals surface area contributed by atoms with Crippen molar-refractivity contribution in [3.05, 3.63) is 53.2 Å². The van der Waals surface area contributed by atoms with Gasteiger partial charge in [-0.15, -0.1) is 0 Å². The van der Waals surface area contributed by atoms with Crippen LogP contribution in [0.5, 0.6) is 0 Å². The summed E-state index contributed by atoms with van der Waals surface area (Å²) in [6, 6.07) is 10.1. The molecule has 148 valence electrons. The van der Waals surface area contributed by atoms with Gasteiger partial charge in [-0.3, -0.25) is 4.79 Å². The summed E-state index contributed by atoms with van der Waals surface area (Å²) < 4.78 is 0. The molecule has 3 aliphatic rings. The van der Waals surface area contributed by atoms with E-state index in [1.54, 1.807) is 6.20 Å². The molecule has 4 atom stereocenters. The van der Waals surface area contributed by atoms with Crippen molar-refractivity contribution in [2.45, 2.75) is 53.5 Å². The summed E-state index contributed by atoms with van der Waals surface area (Å²) in [5.41, 5.74) is 4.40. The second-order valence-corrected chi connectivity index (χ2v) is 9.31. The number of hydrogen-bond acceptors (Lipinski definition) is 3. The number of pyridine rings is 1. The standard InChI is InChI=1S/C24H31N3O/c1-14-8-6-10-20(15(14)2)26-22-18(9-7-11-25-22)23(28)27-21-13-17-12-19(16(21)3)24(17,4)5/h6-11,16-17,19,21H,12-13H2,1-5H3,(H,25,26)(H,27,28)/t16-,17+,19-,21-/m1/s1. The van der Waals surface area contributed by atoms with E-state index in [0.29, 0.717) is 28.6 Å². The molecule has 3 fully saturated rings. The SMILES string of the molecule is Cc1cccc(Nc2ncccc2C(=O)N[C@@H]2C[C@@H]3C[C@H]([C@H]2C)C3(C)C)c1C. The molecule has 1 heterocycles. The summed E-state index contributed by atoms with van der Waals surface area (Å²) in [5, 5.41) is 6.69. The predicted molar refractivity (Wildman–Crippen MR) is 114 cm³/mol. The fourth-order valence-corrected chi connectivity index (χ4v) is 5.29. The first-order chi connectivity index (χ1) is 13.3. The Balaban J connectivity index is 1.52. The van der Waals surface area contributed by atoms with Crippen LogP contribution in [-0.4, -0.2) is 16.9 Å². The van der Waals surface area contributed by atoms with Crippen molar-refractivity contribution < 1.29 is 4.79 Å². The van der Waals surface area contributed by atoms with Crippen LogP contribution in [0.4, 0.5) is 11.5 Å². The Morgan fingerprint density at radius 3 is 2.64 bits per heavy atom. The Morgan fingerprint density at radius 2 is 1.93 bits per heavy atom. The molecular weight excluding hydrogens is 346 g/mol. The first kappa shape index (κ1) is 19.0. The predicted octanol–water partition coefficient (Wildman–Crippen LogP) is 5.24. The van der Waals surface area contributed by atoms with Crippen LogP contribution in [0.1, 0.15) is 55.1 Å². The van der Waals surface area contributed by atoms with Gasteiger partial charge in [-0.25, -0.2) is 4.98 Å². The van der Waals surface area contributed by atoms with E-state index in [0.717, 1.165) is 18.0 Å². The monoisotopic (exact) mass is 377 g/mol. The van der Waals surface area contributed by atoms with Gasteiger partial charge in [0.15, 0.2) is 0 Å². The maximum atomic E-state index is 13.1. The van der Waals surface area contributed by atoms with Gasteiger partial charge in [0.2, 0.25) is 0 Å². The van der Waals surface area contributed by atoms with Crippen LogP contribution in [0, 0.1) is 37.0 Å². The normalized spacial score (nSPS) is 27.6. The molecule has 4 nitrogen and oxygen atoms in total. The fraction of sp³-hybridized carbons (Fsp3) is 0.500. The quantitative estimate of drug-likeness (QED) is 0.766. The molecule has 2 aromatic rings. The summed E-state index contributed by atoms with van der Waals surface area (Å²) >= 11 is 0. The molecule has 28 heavy (non-hydrogen) atoms. The van der Waals surface area contributed by atoms with Crippen LogP contribution in [0.15, 0.2) is 36.5 Å². The van der Waals surface area contributed by atoms with E-state index in [-0.39, 0.29) is 11.9 Å². The molecule has 2 bridgehead atoms. The molecule has 0 unspecified atom stereocenters. The lowest BCUT2D eigenvalue weighted by molar-refractivity contribution is -0.113. The van der Waals surface area contributed by atoms with Crippen LogP contribution >= 0.6 is 0 Å². The van der Waals surface area contributed by atoms with Crippen molar-refractivity contribution in [1.29, 1.82) is 0 Å². The van der Waals surface area contributed by atoms with Gasteiger partial charge in [0.05, 0.1) is 5.56 Å². The van der Waals surface area contributed by atoms with Gasteiger partial charge in [-0.2, -0.15) is 0 Å². The lowest BCUT2D eigenvalue weighted by Crippen LogP contribution is -2.60. The zero-order valence-electron chi connectivity index (χ0n) is 17.5. The third kappa shape index (κ3) is 3.09. The van der Waals surface area contributed by atoms with E-state index in [4.69, 9.17) is 0 Å². The molecule has 0 spiro atoms. The third-order valence-electron chi connectivity index (χ3n) is 7.58. The van der Waals surface area contributed by atoms with Crippen molar-refractivity contribution in [1.82, 2.24) is 10.3 Å². The number of nitrogens with one attached hydrogen (secondary N) is 2. The highest BCUT2D eigenvalue weighted by atomic mass is 16.1. The second kappa shape index (κ2) is 6.91. The smallest absolute Gasteiger partial charge is 0.255 e. The number of nitrogens with zero attached hydrogens (tertiary/aromatic N) is 1. The van der Waals surface area contributed by atoms with Crippen LogP contribution in [0.2, 0.25) is 0 Å². The summed E-state index contributed by atoms with van der Waals surface area (Å²) in [4.78, 5) is 17.6. The van der Waals surface area contributed by atoms with E-state index >= 15 is 0 Å². The maximum Gasteiger partial charge on any atom is 0.255 e. The number of carbonyl (C=O) groups excluding carboxylic acids is 1. The maximum absolute atomic E-state index is 13.1. The fourth-order valence-electron chi connectivity index (χ4n) is 5.29. The first-order valence-electron chi connectivity index (χ1n) is 10.4. The highest BCUT2D eigenvalue weighted by Gasteiger charge is 2.56. The Morgan fingerprint density at radius 1 is 1.14 bits per heavy atom. The lowest BCUT2D eigenvalue weighted by atomic mass is 9.45. The van der Waals surface area contributed by atoms with E-state index in [9.17, 15) is 4.79 Å². The average molecular weight is 378 g/mol. The van der Waals surface area contributed by atoms with Crippen molar-refractivity contribution in [3.8, 4) is 0 Å². The van der Waals surface area contributed by atoms with Gasteiger partial charge in [0, 0.05) is 17.9 Å². The Kier molecular flexibility index (Phi) is 4.68. The molecule has 4 heteroatoms. The van der Waals surface area contributed by atoms with Gasteiger partial charge in [-0.05, 0) is 79.2 Å². The molecule has 1 amide bonds. The number of aryl methyl sites for hydroxylation is 1. The summed E-state index contributed by atoms with van der Waals surface area (Å²) in [5.74, 6) is 2.52. The van der Waals surface area contributed by atoms with Crippen LogP contribution < -0.4 is 10.6 Å². The topological polar surface area (TPSA) is 54.0 Å². The van der Waals surface area contributed by atoms with Gasteiger partial charge < -0.3 is 10.6 Å². The van der Waals surface area contributed by atoms with Crippen molar-refractivity contribution in [3.63, 3.8) is 0 Å². The number of anilines is 2. The highest BCUT2D eigenvalue weighted by molar-refractivity contribution is 5.99. The number of amides is 1. The number of aromatic nitrogens is 1. The number of benzene rings is 1. The Bertz CT molecular complexity index is 904. The van der Waals surface area contributed by atoms with Crippen LogP contribution in [-0.2, 0) is 0 Å². The Hall–Kier alpha value is -2.36. The van der Waals surface area contributed by atoms with Crippen molar-refractivity contribution >= 4 is 17.4 Å². The highest BCUT2D eigenvalue weighted by Crippen LogP contribution is 2.61. The molecule has 1 aromatic carbocycles. The third-order valence-corrected chi connectivity index (χ3v) is 7.58. The molecule has 2 N–H and O–H groups in total. The Labute approximate surface area is 168 Å². The summed E-state index contributed by atoms with van der Waals surface area (Å²) in [6.07, 6.45) is 4.12. The minimum Gasteiger partial charge on any atom is -0.349 e. The van der Waals surface area contributed by atoms with Crippen molar-refractivity contribution in [2.75, 3.05) is 5.32 Å². The molecule has 3 saturated carbocycles. The number of hydrogen-bond donors (Lipinski definition) is 2. The average Bonchev–Trinajstić information content (AvgIpc) is 2.67. The van der Waals surface area contributed by atoms with Gasteiger partial charge in [0.1, 0.15) is 5.82 Å². The molecule has 3 aliphatic carbocycles. The molecule has 0 radical (unpaired) electrons. The molecule has 0 aliphatic heterocycles. The first-order valence-corrected chi connectivity index (χ1v) is 10.4. The van der Waals surface area contributed by atoms with Crippen LogP contribution in [0.3, 0.4) is 0 Å². The number of rotatable bonds is 4. The lowest BCUT2D eigenvalue weighted by Gasteiger charge is -2.62. The summed E-state index contributed by atoms with van der Waals surface area (Å²) in [7, 11) is 0. The molecule has 0 saturated heterocycles. The van der Waals surface area contributed by atoms with Gasteiger partial charge in [0.25, 0.3) is 5.91 Å². The van der Waals surface area contributed by atoms with Crippen LogP contribution in [0.25, 0.3) is 0 Å². The molecular formula is C24H31N3O. The zero-order valence-corrected chi connectivity index (χ0v) is 17.5. The van der Waals surface area contributed by atoms with Crippen molar-refractivity contribution in [2.24, 2.45) is 23.2 Å². The molecule has 5 rings (SSSR count). The van der Waals surface area contributed by atoms with E-state index in [1.807, 2.05) is 24.3 Å². The van der Waals surface area contributed by atoms with Gasteiger partial charge >= 0.3 is 0 Å². The van der Waals surface area contributed by atoms with E-state index in [2.05, 4.69) is 56.3 Å². The minimum atomic E-state index is -0.0307. The number of fused-ring (bicyclic) bond motifs is 2. The zero-order chi connectivity index (χ0) is 20.1. The minimum absolute atomic E-state index is 0.0307. The second-order valence-electron chi connectivity index (χ2n) is 9.31. The largest absolute Gasteiger partial charge is 0.349 e. The van der Waals surface area contributed by atoms with E-state index < -0.39 is 0 Å². The molecule has 1 aromatic heterocycles. The number of carbonyl (C=O) groups is 1. The van der Waals surface area contributed by atoms with E-state index in [1.165, 1.54) is 17.5 Å². The summed E-state index contributed by atoms with van der Waals surface area (Å²) in [6.45, 7) is 11.2.